The van der Waals surface area contributed by atoms with Gasteiger partial charge in [-0.3, -0.25) is 9.89 Å². The van der Waals surface area contributed by atoms with Crippen molar-refractivity contribution in [2.45, 2.75) is 30.5 Å². The lowest BCUT2D eigenvalue weighted by Crippen LogP contribution is -2.32. The van der Waals surface area contributed by atoms with Crippen LogP contribution >= 0.6 is 11.8 Å². The predicted octanol–water partition coefficient (Wildman–Crippen LogP) is 3.91. The molecule has 1 aliphatic carbocycles. The van der Waals surface area contributed by atoms with E-state index in [9.17, 15) is 4.79 Å². The summed E-state index contributed by atoms with van der Waals surface area (Å²) in [6.45, 7) is 0. The number of amides is 1. The first kappa shape index (κ1) is 18.0. The number of aromatic nitrogens is 3. The topological polar surface area (TPSA) is 101 Å². The molecular formula is C20H19N5O3S. The zero-order chi connectivity index (χ0) is 19.6. The summed E-state index contributed by atoms with van der Waals surface area (Å²) in [6, 6.07) is 7.32. The number of carbonyl (C=O) groups is 1. The minimum atomic E-state index is -0.233. The van der Waals surface area contributed by atoms with Crippen molar-refractivity contribution in [3.8, 4) is 0 Å². The van der Waals surface area contributed by atoms with E-state index in [4.69, 9.17) is 13.9 Å². The highest BCUT2D eigenvalue weighted by molar-refractivity contribution is 7.99. The van der Waals surface area contributed by atoms with Crippen LogP contribution in [0.4, 0.5) is 0 Å². The second-order valence-electron chi connectivity index (χ2n) is 6.95. The van der Waals surface area contributed by atoms with Crippen LogP contribution in [-0.4, -0.2) is 37.6 Å². The van der Waals surface area contributed by atoms with Gasteiger partial charge in [0.1, 0.15) is 23.9 Å². The molecule has 148 valence electrons. The van der Waals surface area contributed by atoms with E-state index in [0.717, 1.165) is 42.1 Å². The molecule has 29 heavy (non-hydrogen) atoms. The Morgan fingerprint density at radius 3 is 2.97 bits per heavy atom. The highest BCUT2D eigenvalue weighted by Gasteiger charge is 2.45. The highest BCUT2D eigenvalue weighted by atomic mass is 32.2. The number of rotatable bonds is 5. The molecule has 0 bridgehead atoms. The molecular weight excluding hydrogens is 390 g/mol. The third-order valence-electron chi connectivity index (χ3n) is 5.18. The minimum Gasteiger partial charge on any atom is -0.467 e. The van der Waals surface area contributed by atoms with Gasteiger partial charge in [-0.1, -0.05) is 11.8 Å². The van der Waals surface area contributed by atoms with Crippen LogP contribution in [0.15, 0.2) is 67.8 Å². The first-order valence-corrected chi connectivity index (χ1v) is 10.4. The third-order valence-corrected chi connectivity index (χ3v) is 6.04. The van der Waals surface area contributed by atoms with E-state index in [1.54, 1.807) is 17.5 Å². The number of allylic oxidation sites excluding steroid dienone is 1. The van der Waals surface area contributed by atoms with E-state index in [2.05, 4.69) is 15.2 Å². The molecule has 9 heteroatoms. The number of hydrazone groups is 1. The van der Waals surface area contributed by atoms with E-state index < -0.39 is 0 Å². The fourth-order valence-corrected chi connectivity index (χ4v) is 4.58. The average molecular weight is 409 g/mol. The number of fused-ring (bicyclic) bond motifs is 1. The fraction of sp³-hybridized carbons (Fsp3) is 0.300. The van der Waals surface area contributed by atoms with Crippen molar-refractivity contribution in [2.75, 3.05) is 5.75 Å². The molecule has 1 fully saturated rings. The summed E-state index contributed by atoms with van der Waals surface area (Å²) in [5, 5.41) is 13.6. The molecule has 3 aromatic rings. The molecule has 4 heterocycles. The standard InChI is InChI=1S/C20H19N5O3S/c26-17(11-29-20-21-12-22-23-20)25-19(16-7-3-9-28-16)15-6-1-4-13(18(15)24-25)10-14-5-2-8-27-14/h2-3,5,7-10,12,15,19H,1,4,6,11H2,(H,21,22,23)/b13-10+/t15-,19+/m0/s1. The van der Waals surface area contributed by atoms with Gasteiger partial charge in [-0.15, -0.1) is 0 Å². The molecule has 2 aliphatic rings. The van der Waals surface area contributed by atoms with E-state index in [1.165, 1.54) is 18.1 Å². The normalized spacial score (nSPS) is 22.7. The van der Waals surface area contributed by atoms with Crippen molar-refractivity contribution in [3.05, 3.63) is 60.2 Å². The number of aromatic amines is 1. The van der Waals surface area contributed by atoms with Crippen LogP contribution in [0.2, 0.25) is 0 Å². The van der Waals surface area contributed by atoms with E-state index in [1.807, 2.05) is 30.3 Å². The van der Waals surface area contributed by atoms with Crippen molar-refractivity contribution in [1.29, 1.82) is 0 Å². The third kappa shape index (κ3) is 3.53. The molecule has 0 unspecified atom stereocenters. The Hall–Kier alpha value is -3.07. The Morgan fingerprint density at radius 1 is 1.31 bits per heavy atom. The maximum absolute atomic E-state index is 13.1. The van der Waals surface area contributed by atoms with Gasteiger partial charge in [0.05, 0.1) is 24.0 Å². The van der Waals surface area contributed by atoms with Crippen LogP contribution in [0.3, 0.4) is 0 Å². The molecule has 1 saturated carbocycles. The average Bonchev–Trinajstić information content (AvgIpc) is 3.53. The summed E-state index contributed by atoms with van der Waals surface area (Å²) >= 11 is 1.31. The Balaban J connectivity index is 1.45. The predicted molar refractivity (Wildman–Crippen MR) is 107 cm³/mol. The van der Waals surface area contributed by atoms with Gasteiger partial charge in [-0.05, 0) is 55.2 Å². The summed E-state index contributed by atoms with van der Waals surface area (Å²) in [7, 11) is 0. The lowest BCUT2D eigenvalue weighted by atomic mass is 9.79. The van der Waals surface area contributed by atoms with Gasteiger partial charge in [-0.25, -0.2) is 9.99 Å². The van der Waals surface area contributed by atoms with Crippen LogP contribution in [0.1, 0.15) is 36.8 Å². The molecule has 8 nitrogen and oxygen atoms in total. The van der Waals surface area contributed by atoms with Crippen LogP contribution in [0, 0.1) is 5.92 Å². The number of thioether (sulfide) groups is 1. The number of nitrogens with zero attached hydrogens (tertiary/aromatic N) is 4. The lowest BCUT2D eigenvalue weighted by molar-refractivity contribution is -0.131. The van der Waals surface area contributed by atoms with E-state index >= 15 is 0 Å². The largest absolute Gasteiger partial charge is 0.467 e. The zero-order valence-electron chi connectivity index (χ0n) is 15.5. The number of hydrogen-bond acceptors (Lipinski definition) is 7. The number of carbonyl (C=O) groups excluding carboxylic acids is 1. The maximum atomic E-state index is 13.1. The number of hydrogen-bond donors (Lipinski definition) is 1. The SMILES string of the molecule is O=C(CSc1ncn[nH]1)N1N=C2/C(=C/c3ccco3)CCC[C@@H]2[C@@H]1c1ccco1. The van der Waals surface area contributed by atoms with Crippen molar-refractivity contribution in [2.24, 2.45) is 11.0 Å². The summed E-state index contributed by atoms with van der Waals surface area (Å²) in [4.78, 5) is 17.1. The Bertz CT molecular complexity index is 1020. The highest BCUT2D eigenvalue weighted by Crippen LogP contribution is 2.44. The first-order chi connectivity index (χ1) is 14.3. The Labute approximate surface area is 171 Å². The molecule has 1 N–H and O–H groups in total. The molecule has 5 rings (SSSR count). The summed E-state index contributed by atoms with van der Waals surface area (Å²) < 4.78 is 11.2. The van der Waals surface area contributed by atoms with E-state index in [0.29, 0.717) is 5.16 Å². The van der Waals surface area contributed by atoms with Gasteiger partial charge in [0.15, 0.2) is 5.16 Å². The molecule has 0 spiro atoms. The number of nitrogens with one attached hydrogen (secondary N) is 1. The molecule has 0 radical (unpaired) electrons. The fourth-order valence-electron chi connectivity index (χ4n) is 3.95. The van der Waals surface area contributed by atoms with Gasteiger partial charge in [0.25, 0.3) is 5.91 Å². The summed E-state index contributed by atoms with van der Waals surface area (Å²) in [6.07, 6.45) is 9.65. The Morgan fingerprint density at radius 2 is 2.21 bits per heavy atom. The van der Waals surface area contributed by atoms with Gasteiger partial charge in [0, 0.05) is 5.92 Å². The molecule has 0 aromatic carbocycles. The zero-order valence-corrected chi connectivity index (χ0v) is 16.3. The molecule has 3 aromatic heterocycles. The summed E-state index contributed by atoms with van der Waals surface area (Å²) in [5.74, 6) is 1.78. The van der Waals surface area contributed by atoms with Crippen molar-refractivity contribution in [1.82, 2.24) is 20.2 Å². The van der Waals surface area contributed by atoms with Crippen LogP contribution in [-0.2, 0) is 4.79 Å². The smallest absolute Gasteiger partial charge is 0.253 e. The van der Waals surface area contributed by atoms with Crippen molar-refractivity contribution >= 4 is 29.5 Å². The number of H-pyrrole nitrogens is 1. The van der Waals surface area contributed by atoms with Crippen molar-refractivity contribution in [3.63, 3.8) is 0 Å². The van der Waals surface area contributed by atoms with Gasteiger partial charge in [-0.2, -0.15) is 10.2 Å². The summed E-state index contributed by atoms with van der Waals surface area (Å²) in [5.41, 5.74) is 2.07. The second kappa shape index (κ2) is 7.75. The minimum absolute atomic E-state index is 0.0907. The lowest BCUT2D eigenvalue weighted by Gasteiger charge is -2.27. The van der Waals surface area contributed by atoms with Gasteiger partial charge < -0.3 is 8.83 Å². The molecule has 0 saturated heterocycles. The number of furan rings is 2. The second-order valence-corrected chi connectivity index (χ2v) is 7.91. The van der Waals surface area contributed by atoms with Crippen LogP contribution < -0.4 is 0 Å². The Kier molecular flexibility index (Phi) is 4.81. The van der Waals surface area contributed by atoms with E-state index in [-0.39, 0.29) is 23.6 Å². The molecule has 1 amide bonds. The first-order valence-electron chi connectivity index (χ1n) is 9.46. The molecule has 1 aliphatic heterocycles. The van der Waals surface area contributed by atoms with Gasteiger partial charge in [0.2, 0.25) is 0 Å². The maximum Gasteiger partial charge on any atom is 0.253 e. The molecule has 2 atom stereocenters. The van der Waals surface area contributed by atoms with Crippen molar-refractivity contribution < 1.29 is 13.6 Å². The van der Waals surface area contributed by atoms with Crippen LogP contribution in [0.5, 0.6) is 0 Å². The monoisotopic (exact) mass is 409 g/mol. The van der Waals surface area contributed by atoms with Gasteiger partial charge >= 0.3 is 0 Å². The van der Waals surface area contributed by atoms with Crippen LogP contribution in [0.25, 0.3) is 6.08 Å². The quantitative estimate of drug-likeness (QED) is 0.641.